The summed E-state index contributed by atoms with van der Waals surface area (Å²) in [6.07, 6.45) is 1.61. The molecule has 0 saturated carbocycles. The zero-order chi connectivity index (χ0) is 17.7. The van der Waals surface area contributed by atoms with Crippen molar-refractivity contribution in [3.63, 3.8) is 0 Å². The molecule has 0 unspecified atom stereocenters. The molecule has 0 radical (unpaired) electrons. The van der Waals surface area contributed by atoms with Crippen LogP contribution in [0.25, 0.3) is 11.4 Å². The number of carbonyl (C=O) groups excluding carboxylic acids is 2. The van der Waals surface area contributed by atoms with E-state index in [9.17, 15) is 9.59 Å². The van der Waals surface area contributed by atoms with Gasteiger partial charge in [0.2, 0.25) is 11.8 Å². The molecule has 0 saturated heterocycles. The van der Waals surface area contributed by atoms with E-state index in [1.807, 2.05) is 33.0 Å². The fourth-order valence-electron chi connectivity index (χ4n) is 2.07. The van der Waals surface area contributed by atoms with Gasteiger partial charge in [0.25, 0.3) is 0 Å². The molecule has 1 atom stereocenters. The van der Waals surface area contributed by atoms with Crippen molar-refractivity contribution in [1.82, 2.24) is 20.1 Å². The molecule has 9 heteroatoms. The molecular weight excluding hydrogens is 344 g/mol. The first-order chi connectivity index (χ1) is 11.4. The molecule has 0 aliphatic rings. The van der Waals surface area contributed by atoms with Crippen LogP contribution in [0.15, 0.2) is 30.6 Å². The molecule has 0 bridgehead atoms. The fraction of sp³-hybridized carbons (Fsp3) is 0.375. The number of anilines is 1. The van der Waals surface area contributed by atoms with E-state index < -0.39 is 6.04 Å². The Morgan fingerprint density at radius 2 is 2.04 bits per heavy atom. The van der Waals surface area contributed by atoms with E-state index in [0.717, 1.165) is 5.56 Å². The summed E-state index contributed by atoms with van der Waals surface area (Å²) in [5, 5.41) is 13.1. The SMILES string of the molecule is CC(C)[C@H](N)C(=O)NCC(=O)Nc1cccc(-c2nncn2C)c1.Cl. The number of hydrogen-bond donors (Lipinski definition) is 3. The highest BCUT2D eigenvalue weighted by Gasteiger charge is 2.17. The van der Waals surface area contributed by atoms with Gasteiger partial charge in [0.15, 0.2) is 5.82 Å². The molecule has 136 valence electrons. The van der Waals surface area contributed by atoms with E-state index >= 15 is 0 Å². The second-order valence-electron chi connectivity index (χ2n) is 5.88. The van der Waals surface area contributed by atoms with Gasteiger partial charge in [0, 0.05) is 18.3 Å². The highest BCUT2D eigenvalue weighted by molar-refractivity contribution is 5.95. The van der Waals surface area contributed by atoms with Crippen molar-refractivity contribution in [1.29, 1.82) is 0 Å². The Morgan fingerprint density at radius 3 is 2.64 bits per heavy atom. The molecule has 1 aromatic carbocycles. The van der Waals surface area contributed by atoms with Crippen molar-refractivity contribution >= 4 is 29.9 Å². The zero-order valence-electron chi connectivity index (χ0n) is 14.4. The number of nitrogens with zero attached hydrogens (tertiary/aromatic N) is 3. The number of halogens is 1. The van der Waals surface area contributed by atoms with Crippen molar-refractivity contribution < 1.29 is 9.59 Å². The molecule has 1 aromatic heterocycles. The van der Waals surface area contributed by atoms with Crippen LogP contribution in [0.2, 0.25) is 0 Å². The molecule has 4 N–H and O–H groups in total. The van der Waals surface area contributed by atoms with E-state index in [-0.39, 0.29) is 36.7 Å². The highest BCUT2D eigenvalue weighted by atomic mass is 35.5. The third kappa shape index (κ3) is 5.54. The summed E-state index contributed by atoms with van der Waals surface area (Å²) in [6.45, 7) is 3.57. The van der Waals surface area contributed by atoms with Crippen LogP contribution in [0.1, 0.15) is 13.8 Å². The van der Waals surface area contributed by atoms with Gasteiger partial charge in [-0.1, -0.05) is 26.0 Å². The Hall–Kier alpha value is -2.45. The lowest BCUT2D eigenvalue weighted by Crippen LogP contribution is -2.46. The van der Waals surface area contributed by atoms with Gasteiger partial charge in [-0.25, -0.2) is 0 Å². The monoisotopic (exact) mass is 366 g/mol. The van der Waals surface area contributed by atoms with Crippen molar-refractivity contribution in [3.05, 3.63) is 30.6 Å². The van der Waals surface area contributed by atoms with Gasteiger partial charge < -0.3 is 20.9 Å². The summed E-state index contributed by atoms with van der Waals surface area (Å²) in [5.74, 6) is 0.0425. The predicted octanol–water partition coefficient (Wildman–Crippen LogP) is 0.942. The molecule has 1 heterocycles. The topological polar surface area (TPSA) is 115 Å². The van der Waals surface area contributed by atoms with Crippen molar-refractivity contribution in [2.24, 2.45) is 18.7 Å². The minimum Gasteiger partial charge on any atom is -0.346 e. The van der Waals surface area contributed by atoms with E-state index in [1.165, 1.54) is 0 Å². The second-order valence-corrected chi connectivity index (χ2v) is 5.88. The summed E-state index contributed by atoms with van der Waals surface area (Å²) >= 11 is 0. The summed E-state index contributed by atoms with van der Waals surface area (Å²) in [7, 11) is 1.84. The zero-order valence-corrected chi connectivity index (χ0v) is 15.2. The van der Waals surface area contributed by atoms with Crippen LogP contribution >= 0.6 is 12.4 Å². The largest absolute Gasteiger partial charge is 0.346 e. The number of benzene rings is 1. The molecule has 8 nitrogen and oxygen atoms in total. The number of nitrogens with one attached hydrogen (secondary N) is 2. The van der Waals surface area contributed by atoms with Crippen LogP contribution in [0, 0.1) is 5.92 Å². The van der Waals surface area contributed by atoms with Crippen molar-refractivity contribution in [2.45, 2.75) is 19.9 Å². The summed E-state index contributed by atoms with van der Waals surface area (Å²) in [6, 6.07) is 6.62. The Morgan fingerprint density at radius 1 is 1.32 bits per heavy atom. The molecule has 2 rings (SSSR count). The minimum absolute atomic E-state index is 0. The molecule has 2 aromatic rings. The fourth-order valence-corrected chi connectivity index (χ4v) is 2.07. The number of amides is 2. The third-order valence-corrected chi connectivity index (χ3v) is 3.56. The lowest BCUT2D eigenvalue weighted by molar-refractivity contribution is -0.125. The predicted molar refractivity (Wildman–Crippen MR) is 98.1 cm³/mol. The Balaban J connectivity index is 0.00000312. The van der Waals surface area contributed by atoms with E-state index in [2.05, 4.69) is 20.8 Å². The number of aromatic nitrogens is 3. The minimum atomic E-state index is -0.628. The Kier molecular flexibility index (Phi) is 7.53. The van der Waals surface area contributed by atoms with Gasteiger partial charge >= 0.3 is 0 Å². The third-order valence-electron chi connectivity index (χ3n) is 3.56. The maximum absolute atomic E-state index is 12.0. The molecule has 2 amide bonds. The molecule has 0 aliphatic heterocycles. The summed E-state index contributed by atoms with van der Waals surface area (Å²) < 4.78 is 1.79. The number of rotatable bonds is 6. The molecular formula is C16H23ClN6O2. The van der Waals surface area contributed by atoms with Crippen LogP contribution in [0.5, 0.6) is 0 Å². The second kappa shape index (κ2) is 9.14. The normalized spacial score (nSPS) is 11.6. The van der Waals surface area contributed by atoms with E-state index in [4.69, 9.17) is 5.73 Å². The Bertz CT molecular complexity index is 731. The van der Waals surface area contributed by atoms with Gasteiger partial charge in [0.05, 0.1) is 12.6 Å². The van der Waals surface area contributed by atoms with Crippen LogP contribution in [-0.2, 0) is 16.6 Å². The van der Waals surface area contributed by atoms with Crippen LogP contribution in [-0.4, -0.2) is 39.2 Å². The smallest absolute Gasteiger partial charge is 0.243 e. The molecule has 25 heavy (non-hydrogen) atoms. The summed E-state index contributed by atoms with van der Waals surface area (Å²) in [4.78, 5) is 23.7. The van der Waals surface area contributed by atoms with Crippen LogP contribution in [0.4, 0.5) is 5.69 Å². The highest BCUT2D eigenvalue weighted by Crippen LogP contribution is 2.19. The number of carbonyl (C=O) groups is 2. The first-order valence-corrected chi connectivity index (χ1v) is 7.66. The van der Waals surface area contributed by atoms with Gasteiger partial charge in [-0.15, -0.1) is 22.6 Å². The number of aryl methyl sites for hydroxylation is 1. The van der Waals surface area contributed by atoms with E-state index in [0.29, 0.717) is 11.5 Å². The molecule has 0 aliphatic carbocycles. The summed E-state index contributed by atoms with van der Waals surface area (Å²) in [5.41, 5.74) is 7.17. The van der Waals surface area contributed by atoms with E-state index in [1.54, 1.807) is 23.0 Å². The number of hydrogen-bond acceptors (Lipinski definition) is 5. The Labute approximate surface area is 152 Å². The van der Waals surface area contributed by atoms with Crippen molar-refractivity contribution in [3.8, 4) is 11.4 Å². The maximum atomic E-state index is 12.0. The quantitative estimate of drug-likeness (QED) is 0.703. The lowest BCUT2D eigenvalue weighted by Gasteiger charge is -2.15. The van der Waals surface area contributed by atoms with Crippen molar-refractivity contribution in [2.75, 3.05) is 11.9 Å². The average Bonchev–Trinajstić information content (AvgIpc) is 2.98. The molecule has 0 fully saturated rings. The van der Waals surface area contributed by atoms with Gasteiger partial charge in [0.1, 0.15) is 6.33 Å². The first-order valence-electron chi connectivity index (χ1n) is 7.66. The first kappa shape index (κ1) is 20.6. The maximum Gasteiger partial charge on any atom is 0.243 e. The van der Waals surface area contributed by atoms with Gasteiger partial charge in [-0.05, 0) is 18.1 Å². The standard InChI is InChI=1S/C16H22N6O2.ClH/c1-10(2)14(17)16(24)18-8-13(23)20-12-6-4-5-11(7-12)15-21-19-9-22(15)3;/h4-7,9-10,14H,8,17H2,1-3H3,(H,18,24)(H,20,23);1H/t14-;/m0./s1. The molecule has 0 spiro atoms. The van der Waals surface area contributed by atoms with Gasteiger partial charge in [-0.3, -0.25) is 9.59 Å². The average molecular weight is 367 g/mol. The van der Waals surface area contributed by atoms with Crippen LogP contribution < -0.4 is 16.4 Å². The van der Waals surface area contributed by atoms with Gasteiger partial charge in [-0.2, -0.15) is 0 Å². The number of nitrogens with two attached hydrogens (primary N) is 1. The van der Waals surface area contributed by atoms with Crippen LogP contribution in [0.3, 0.4) is 0 Å². The lowest BCUT2D eigenvalue weighted by atomic mass is 10.1.